The Morgan fingerprint density at radius 2 is 1.96 bits per heavy atom. The van der Waals surface area contributed by atoms with Gasteiger partial charge >= 0.3 is 5.97 Å². The fraction of sp³-hybridized carbons (Fsp3) is 0.529. The molecule has 138 valence electrons. The van der Waals surface area contributed by atoms with Gasteiger partial charge in [-0.15, -0.1) is 0 Å². The maximum Gasteiger partial charge on any atom is 0.338 e. The van der Waals surface area contributed by atoms with Gasteiger partial charge in [0, 0.05) is 6.04 Å². The number of rotatable bonds is 6. The van der Waals surface area contributed by atoms with E-state index in [0.29, 0.717) is 5.92 Å². The van der Waals surface area contributed by atoms with Gasteiger partial charge in [0.05, 0.1) is 10.5 Å². The Balaban J connectivity index is 1.92. The topological polar surface area (TPSA) is 102 Å². The first-order valence-electron chi connectivity index (χ1n) is 8.33. The van der Waals surface area contributed by atoms with E-state index in [9.17, 15) is 18.0 Å². The highest BCUT2D eigenvalue weighted by molar-refractivity contribution is 7.89. The summed E-state index contributed by atoms with van der Waals surface area (Å²) in [5, 5.41) is 2.90. The molecule has 1 aliphatic rings. The van der Waals surface area contributed by atoms with Crippen molar-refractivity contribution in [2.45, 2.75) is 43.5 Å². The lowest BCUT2D eigenvalue weighted by molar-refractivity contribution is -0.125. The number of nitrogens with one attached hydrogen (secondary N) is 2. The second kappa shape index (κ2) is 8.44. The van der Waals surface area contributed by atoms with E-state index in [1.807, 2.05) is 0 Å². The molecule has 0 spiro atoms. The van der Waals surface area contributed by atoms with Crippen molar-refractivity contribution in [1.29, 1.82) is 0 Å². The number of carbonyl (C=O) groups excluding carboxylic acids is 2. The largest absolute Gasteiger partial charge is 0.452 e. The van der Waals surface area contributed by atoms with E-state index in [2.05, 4.69) is 17.0 Å². The number of ether oxygens (including phenoxy) is 1. The Hall–Kier alpha value is -1.93. The highest BCUT2D eigenvalue weighted by Gasteiger charge is 2.23. The van der Waals surface area contributed by atoms with E-state index < -0.39 is 16.0 Å². The van der Waals surface area contributed by atoms with E-state index in [0.717, 1.165) is 19.3 Å². The molecule has 0 aromatic heterocycles. The van der Waals surface area contributed by atoms with Crippen molar-refractivity contribution >= 4 is 21.9 Å². The second-order valence-electron chi connectivity index (χ2n) is 6.25. The van der Waals surface area contributed by atoms with Gasteiger partial charge < -0.3 is 10.1 Å². The molecule has 2 N–H and O–H groups in total. The van der Waals surface area contributed by atoms with E-state index in [-0.39, 0.29) is 29.0 Å². The molecular weight excluding hydrogens is 344 g/mol. The minimum atomic E-state index is -3.65. The van der Waals surface area contributed by atoms with Gasteiger partial charge in [-0.2, -0.15) is 0 Å². The Bertz CT molecular complexity index is 732. The van der Waals surface area contributed by atoms with Crippen LogP contribution in [0.15, 0.2) is 29.2 Å². The van der Waals surface area contributed by atoms with Crippen LogP contribution >= 0.6 is 0 Å². The van der Waals surface area contributed by atoms with Crippen LogP contribution in [0.5, 0.6) is 0 Å². The summed E-state index contributed by atoms with van der Waals surface area (Å²) in [6.45, 7) is 1.72. The van der Waals surface area contributed by atoms with Crippen LogP contribution in [0.4, 0.5) is 0 Å². The second-order valence-corrected chi connectivity index (χ2v) is 8.13. The summed E-state index contributed by atoms with van der Waals surface area (Å²) in [7, 11) is -2.36. The SMILES string of the molecule is CNS(=O)(=O)c1cccc(C(=O)OCC(=O)N[C@H]2CCCC[C@H]2C)c1. The van der Waals surface area contributed by atoms with Crippen LogP contribution < -0.4 is 10.0 Å². The highest BCUT2D eigenvalue weighted by atomic mass is 32.2. The summed E-state index contributed by atoms with van der Waals surface area (Å²) in [6, 6.07) is 5.60. The molecule has 7 nitrogen and oxygen atoms in total. The smallest absolute Gasteiger partial charge is 0.338 e. The molecule has 1 saturated carbocycles. The van der Waals surface area contributed by atoms with Crippen LogP contribution in [0.2, 0.25) is 0 Å². The lowest BCUT2D eigenvalue weighted by Gasteiger charge is -2.29. The molecule has 0 bridgehead atoms. The lowest BCUT2D eigenvalue weighted by Crippen LogP contribution is -2.42. The monoisotopic (exact) mass is 368 g/mol. The molecule has 0 radical (unpaired) electrons. The minimum Gasteiger partial charge on any atom is -0.452 e. The van der Waals surface area contributed by atoms with Crippen molar-refractivity contribution in [2.75, 3.05) is 13.7 Å². The molecule has 1 fully saturated rings. The van der Waals surface area contributed by atoms with Gasteiger partial charge in [-0.1, -0.05) is 25.8 Å². The number of hydrogen-bond donors (Lipinski definition) is 2. The molecule has 2 rings (SSSR count). The lowest BCUT2D eigenvalue weighted by atomic mass is 9.86. The molecule has 2 atom stereocenters. The van der Waals surface area contributed by atoms with Crippen molar-refractivity contribution in [1.82, 2.24) is 10.0 Å². The molecule has 1 aliphatic carbocycles. The highest BCUT2D eigenvalue weighted by Crippen LogP contribution is 2.23. The zero-order valence-electron chi connectivity index (χ0n) is 14.4. The maximum absolute atomic E-state index is 12.1. The van der Waals surface area contributed by atoms with E-state index in [4.69, 9.17) is 4.74 Å². The summed E-state index contributed by atoms with van der Waals surface area (Å²) in [4.78, 5) is 24.0. The zero-order valence-corrected chi connectivity index (χ0v) is 15.3. The summed E-state index contributed by atoms with van der Waals surface area (Å²) in [5.41, 5.74) is 0.0789. The van der Waals surface area contributed by atoms with Crippen LogP contribution in [-0.4, -0.2) is 40.0 Å². The first kappa shape index (κ1) is 19.4. The van der Waals surface area contributed by atoms with Gasteiger partial charge in [0.2, 0.25) is 10.0 Å². The van der Waals surface area contributed by atoms with Gasteiger partial charge in [-0.05, 0) is 44.0 Å². The van der Waals surface area contributed by atoms with E-state index in [1.54, 1.807) is 0 Å². The van der Waals surface area contributed by atoms with Gasteiger partial charge in [0.1, 0.15) is 0 Å². The predicted octanol–water partition coefficient (Wildman–Crippen LogP) is 1.45. The molecule has 0 aliphatic heterocycles. The first-order valence-corrected chi connectivity index (χ1v) is 9.82. The van der Waals surface area contributed by atoms with Crippen LogP contribution in [0.1, 0.15) is 43.0 Å². The molecule has 25 heavy (non-hydrogen) atoms. The molecule has 8 heteroatoms. The number of hydrogen-bond acceptors (Lipinski definition) is 5. The summed E-state index contributed by atoms with van der Waals surface area (Å²) >= 11 is 0. The predicted molar refractivity (Wildman–Crippen MR) is 92.5 cm³/mol. The maximum atomic E-state index is 12.1. The molecule has 0 heterocycles. The number of amides is 1. The van der Waals surface area contributed by atoms with Gasteiger partial charge in [0.15, 0.2) is 6.61 Å². The Morgan fingerprint density at radius 1 is 1.24 bits per heavy atom. The Labute approximate surface area is 148 Å². The van der Waals surface area contributed by atoms with Crippen molar-refractivity contribution < 1.29 is 22.7 Å². The number of esters is 1. The Kier molecular flexibility index (Phi) is 6.55. The third-order valence-electron chi connectivity index (χ3n) is 4.44. The van der Waals surface area contributed by atoms with Gasteiger partial charge in [-0.25, -0.2) is 17.9 Å². The average molecular weight is 368 g/mol. The zero-order chi connectivity index (χ0) is 18.4. The van der Waals surface area contributed by atoms with Crippen LogP contribution in [0.3, 0.4) is 0 Å². The van der Waals surface area contributed by atoms with E-state index >= 15 is 0 Å². The Morgan fingerprint density at radius 3 is 2.64 bits per heavy atom. The minimum absolute atomic E-state index is 0.0371. The number of carbonyl (C=O) groups is 2. The molecule has 1 aromatic rings. The number of sulfonamides is 1. The summed E-state index contributed by atoms with van der Waals surface area (Å²) < 4.78 is 30.7. The fourth-order valence-corrected chi connectivity index (χ4v) is 3.68. The fourth-order valence-electron chi connectivity index (χ4n) is 2.90. The van der Waals surface area contributed by atoms with Gasteiger partial charge in [-0.3, -0.25) is 4.79 Å². The third kappa shape index (κ3) is 5.27. The van der Waals surface area contributed by atoms with Gasteiger partial charge in [0.25, 0.3) is 5.91 Å². The van der Waals surface area contributed by atoms with Crippen LogP contribution in [0, 0.1) is 5.92 Å². The van der Waals surface area contributed by atoms with Crippen molar-refractivity contribution in [3.63, 3.8) is 0 Å². The molecule has 1 amide bonds. The van der Waals surface area contributed by atoms with Crippen LogP contribution in [0.25, 0.3) is 0 Å². The summed E-state index contributed by atoms with van der Waals surface area (Å²) in [6.07, 6.45) is 4.28. The normalized spacial score (nSPS) is 20.7. The van der Waals surface area contributed by atoms with Crippen molar-refractivity contribution in [2.24, 2.45) is 5.92 Å². The standard InChI is InChI=1S/C17H24N2O5S/c1-12-6-3-4-9-15(12)19-16(20)11-24-17(21)13-7-5-8-14(10-13)25(22,23)18-2/h5,7-8,10,12,15,18H,3-4,6,9,11H2,1-2H3,(H,19,20)/t12-,15+/m1/s1. The molecular formula is C17H24N2O5S. The average Bonchev–Trinajstić information content (AvgIpc) is 2.61. The van der Waals surface area contributed by atoms with Crippen molar-refractivity contribution in [3.05, 3.63) is 29.8 Å². The van der Waals surface area contributed by atoms with Crippen molar-refractivity contribution in [3.8, 4) is 0 Å². The quantitative estimate of drug-likeness (QED) is 0.740. The first-order chi connectivity index (χ1) is 11.8. The van der Waals surface area contributed by atoms with E-state index in [1.165, 1.54) is 37.7 Å². The van der Waals surface area contributed by atoms with Crippen LogP contribution in [-0.2, 0) is 19.6 Å². The molecule has 0 saturated heterocycles. The molecule has 0 unspecified atom stereocenters. The third-order valence-corrected chi connectivity index (χ3v) is 5.85. The number of benzene rings is 1. The summed E-state index contributed by atoms with van der Waals surface area (Å²) in [5.74, 6) is -0.664. The molecule has 1 aromatic carbocycles.